The summed E-state index contributed by atoms with van der Waals surface area (Å²) in [6.45, 7) is 2.70. The smallest absolute Gasteiger partial charge is 0.323 e. The minimum absolute atomic E-state index is 0.129. The molecule has 8 heteroatoms. The Morgan fingerprint density at radius 3 is 2.55 bits per heavy atom. The average Bonchev–Trinajstić information content (AvgIpc) is 3.36. The van der Waals surface area contributed by atoms with E-state index in [-0.39, 0.29) is 22.4 Å². The Balaban J connectivity index is 1.46. The van der Waals surface area contributed by atoms with Crippen LogP contribution in [0.3, 0.4) is 0 Å². The molecule has 2 fully saturated rings. The molecule has 2 aromatic carbocycles. The van der Waals surface area contributed by atoms with E-state index in [1.165, 1.54) is 16.4 Å². The summed E-state index contributed by atoms with van der Waals surface area (Å²) in [5.41, 5.74) is 1.65. The lowest BCUT2D eigenvalue weighted by Gasteiger charge is -2.30. The van der Waals surface area contributed by atoms with Crippen LogP contribution in [-0.2, 0) is 15.6 Å². The molecule has 1 saturated heterocycles. The van der Waals surface area contributed by atoms with Gasteiger partial charge in [0.15, 0.2) is 0 Å². The van der Waals surface area contributed by atoms with Gasteiger partial charge in [-0.2, -0.15) is 4.31 Å². The molecule has 29 heavy (non-hydrogen) atoms. The molecule has 3 aromatic rings. The van der Waals surface area contributed by atoms with Gasteiger partial charge in [-0.15, -0.1) is 0 Å². The monoisotopic (exact) mass is 413 g/mol. The van der Waals surface area contributed by atoms with Gasteiger partial charge >= 0.3 is 5.69 Å². The fourth-order valence-electron chi connectivity index (χ4n) is 4.97. The van der Waals surface area contributed by atoms with Crippen LogP contribution in [-0.4, -0.2) is 40.9 Å². The zero-order valence-corrected chi connectivity index (χ0v) is 16.9. The Morgan fingerprint density at radius 1 is 1.07 bits per heavy atom. The highest BCUT2D eigenvalue weighted by Crippen LogP contribution is 2.51. The topological polar surface area (TPSA) is 106 Å². The maximum Gasteiger partial charge on any atom is 0.323 e. The van der Waals surface area contributed by atoms with Gasteiger partial charge < -0.3 is 15.1 Å². The van der Waals surface area contributed by atoms with Crippen molar-refractivity contribution in [1.82, 2.24) is 14.3 Å². The van der Waals surface area contributed by atoms with E-state index >= 15 is 0 Å². The molecule has 1 aliphatic heterocycles. The van der Waals surface area contributed by atoms with Crippen molar-refractivity contribution in [2.24, 2.45) is 11.8 Å². The molecule has 0 unspecified atom stereocenters. The van der Waals surface area contributed by atoms with Crippen molar-refractivity contribution < 1.29 is 13.5 Å². The fraction of sp³-hybridized carbons (Fsp3) is 0.381. The SMILES string of the molecule is Cc1ccc([C@@]2(O)CC[C@@H]3CN(S(=O)(=O)c4ccc5[nH]c(=O)[nH]c5c4)C[C@@H]32)cc1. The van der Waals surface area contributed by atoms with Crippen LogP contribution < -0.4 is 5.69 Å². The molecule has 1 aliphatic carbocycles. The standard InChI is InChI=1S/C21H23N3O4S/c1-13-2-4-15(5-3-13)21(26)9-8-14-11-24(12-17(14)21)29(27,28)16-6-7-18-19(10-16)23-20(25)22-18/h2-7,10,14,17,26H,8-9,11-12H2,1H3,(H2,22,23,25)/t14-,17+,21+/m1/s1. The molecule has 1 saturated carbocycles. The van der Waals surface area contributed by atoms with E-state index in [2.05, 4.69) is 9.97 Å². The summed E-state index contributed by atoms with van der Waals surface area (Å²) in [5.74, 6) is 0.00246. The summed E-state index contributed by atoms with van der Waals surface area (Å²) in [7, 11) is -3.72. The summed E-state index contributed by atoms with van der Waals surface area (Å²) < 4.78 is 28.0. The lowest BCUT2D eigenvalue weighted by atomic mass is 9.82. The third-order valence-corrected chi connectivity index (χ3v) is 8.42. The maximum absolute atomic E-state index is 13.3. The minimum atomic E-state index is -3.72. The van der Waals surface area contributed by atoms with Crippen LogP contribution in [0.15, 0.2) is 52.2 Å². The normalized spacial score (nSPS) is 27.5. The Hall–Kier alpha value is -2.42. The second-order valence-corrected chi connectivity index (χ2v) is 10.2. The van der Waals surface area contributed by atoms with Crippen molar-refractivity contribution in [1.29, 1.82) is 0 Å². The van der Waals surface area contributed by atoms with E-state index < -0.39 is 15.6 Å². The summed E-state index contributed by atoms with van der Waals surface area (Å²) >= 11 is 0. The van der Waals surface area contributed by atoms with Crippen LogP contribution >= 0.6 is 0 Å². The molecule has 5 rings (SSSR count). The average molecular weight is 413 g/mol. The van der Waals surface area contributed by atoms with E-state index in [4.69, 9.17) is 0 Å². The number of imidazole rings is 1. The first-order valence-corrected chi connectivity index (χ1v) is 11.2. The van der Waals surface area contributed by atoms with Gasteiger partial charge in [0.1, 0.15) is 0 Å². The molecule has 2 aliphatic rings. The van der Waals surface area contributed by atoms with Crippen molar-refractivity contribution in [2.75, 3.05) is 13.1 Å². The van der Waals surface area contributed by atoms with Gasteiger partial charge in [0.25, 0.3) is 0 Å². The quantitative estimate of drug-likeness (QED) is 0.611. The van der Waals surface area contributed by atoms with Gasteiger partial charge in [-0.1, -0.05) is 29.8 Å². The van der Waals surface area contributed by atoms with Crippen LogP contribution in [0.1, 0.15) is 24.0 Å². The van der Waals surface area contributed by atoms with Crippen LogP contribution in [0.2, 0.25) is 0 Å². The summed E-state index contributed by atoms with van der Waals surface area (Å²) in [6.07, 6.45) is 1.45. The van der Waals surface area contributed by atoms with Crippen LogP contribution in [0.25, 0.3) is 11.0 Å². The molecule has 3 atom stereocenters. The number of aryl methyl sites for hydroxylation is 1. The highest BCUT2D eigenvalue weighted by Gasteiger charge is 2.54. The Labute approximate surface area is 168 Å². The zero-order valence-electron chi connectivity index (χ0n) is 16.1. The highest BCUT2D eigenvalue weighted by atomic mass is 32.2. The van der Waals surface area contributed by atoms with E-state index in [0.717, 1.165) is 17.5 Å². The summed E-state index contributed by atoms with van der Waals surface area (Å²) in [4.78, 5) is 16.8. The van der Waals surface area contributed by atoms with Gasteiger partial charge in [0.2, 0.25) is 10.0 Å². The number of aromatic amines is 2. The third-order valence-electron chi connectivity index (χ3n) is 6.59. The van der Waals surface area contributed by atoms with E-state index in [1.54, 1.807) is 6.07 Å². The van der Waals surface area contributed by atoms with Gasteiger partial charge in [-0.3, -0.25) is 0 Å². The fourth-order valence-corrected chi connectivity index (χ4v) is 6.52. The van der Waals surface area contributed by atoms with E-state index in [0.29, 0.717) is 30.5 Å². The first-order valence-electron chi connectivity index (χ1n) is 9.79. The first kappa shape index (κ1) is 18.6. The van der Waals surface area contributed by atoms with Crippen molar-refractivity contribution in [2.45, 2.75) is 30.3 Å². The zero-order chi connectivity index (χ0) is 20.4. The van der Waals surface area contributed by atoms with Crippen LogP contribution in [0.5, 0.6) is 0 Å². The molecule has 7 nitrogen and oxygen atoms in total. The largest absolute Gasteiger partial charge is 0.385 e. The van der Waals surface area contributed by atoms with Crippen LogP contribution in [0.4, 0.5) is 0 Å². The molecule has 1 aromatic heterocycles. The first-order chi connectivity index (χ1) is 13.8. The summed E-state index contributed by atoms with van der Waals surface area (Å²) in [5, 5.41) is 11.5. The predicted octanol–water partition coefficient (Wildman–Crippen LogP) is 2.08. The number of aromatic nitrogens is 2. The summed E-state index contributed by atoms with van der Waals surface area (Å²) in [6, 6.07) is 12.5. The number of sulfonamides is 1. The van der Waals surface area contributed by atoms with Crippen LogP contribution in [0, 0.1) is 18.8 Å². The van der Waals surface area contributed by atoms with Crippen molar-refractivity contribution in [3.8, 4) is 0 Å². The predicted molar refractivity (Wildman–Crippen MR) is 109 cm³/mol. The minimum Gasteiger partial charge on any atom is -0.385 e. The molecule has 3 N–H and O–H groups in total. The lowest BCUT2D eigenvalue weighted by molar-refractivity contribution is -0.00400. The molecule has 0 spiro atoms. The molecule has 2 heterocycles. The van der Waals surface area contributed by atoms with Gasteiger partial charge in [-0.05, 0) is 49.4 Å². The number of hydrogen-bond acceptors (Lipinski definition) is 4. The molecular formula is C21H23N3O4S. The Morgan fingerprint density at radius 2 is 1.79 bits per heavy atom. The Bertz CT molecular complexity index is 1240. The molecule has 152 valence electrons. The van der Waals surface area contributed by atoms with Gasteiger partial charge in [-0.25, -0.2) is 13.2 Å². The van der Waals surface area contributed by atoms with Gasteiger partial charge in [0, 0.05) is 19.0 Å². The Kier molecular flexibility index (Phi) is 4.03. The second-order valence-electron chi connectivity index (χ2n) is 8.30. The number of aliphatic hydroxyl groups is 1. The maximum atomic E-state index is 13.3. The van der Waals surface area contributed by atoms with Crippen molar-refractivity contribution >= 4 is 21.1 Å². The number of nitrogens with zero attached hydrogens (tertiary/aromatic N) is 1. The molecule has 0 radical (unpaired) electrons. The second kappa shape index (κ2) is 6.29. The number of fused-ring (bicyclic) bond motifs is 2. The van der Waals surface area contributed by atoms with Crippen molar-refractivity contribution in [3.63, 3.8) is 0 Å². The number of benzene rings is 2. The van der Waals surface area contributed by atoms with E-state index in [1.807, 2.05) is 31.2 Å². The highest BCUT2D eigenvalue weighted by molar-refractivity contribution is 7.89. The molecule has 0 amide bonds. The number of H-pyrrole nitrogens is 2. The van der Waals surface area contributed by atoms with Gasteiger partial charge in [0.05, 0.1) is 21.5 Å². The van der Waals surface area contributed by atoms with Crippen molar-refractivity contribution in [3.05, 3.63) is 64.1 Å². The molecular weight excluding hydrogens is 390 g/mol. The number of nitrogens with one attached hydrogen (secondary N) is 2. The number of hydrogen-bond donors (Lipinski definition) is 3. The van der Waals surface area contributed by atoms with E-state index in [9.17, 15) is 18.3 Å². The molecule has 0 bridgehead atoms. The third kappa shape index (κ3) is 2.86. The lowest BCUT2D eigenvalue weighted by Crippen LogP contribution is -2.36. The number of rotatable bonds is 3.